The maximum absolute atomic E-state index is 11.7. The fraction of sp³-hybridized carbons (Fsp3) is 0.167. The highest BCUT2D eigenvalue weighted by molar-refractivity contribution is 6.12. The van der Waals surface area contributed by atoms with E-state index in [1.807, 2.05) is 6.07 Å². The number of nitrogens with zero attached hydrogens (tertiary/aromatic N) is 3. The molecule has 0 atom stereocenters. The van der Waals surface area contributed by atoms with Gasteiger partial charge in [-0.15, -0.1) is 0 Å². The first kappa shape index (κ1) is 13.4. The average molecular weight is 244 g/mol. The number of nitriles is 1. The predicted octanol–water partition coefficient (Wildman–Crippen LogP) is 0.740. The average Bonchev–Trinajstić information content (AvgIpc) is 2.43. The van der Waals surface area contributed by atoms with Gasteiger partial charge in [-0.05, 0) is 6.07 Å². The Balaban J connectivity index is 3.54. The van der Waals surface area contributed by atoms with Gasteiger partial charge in [-0.25, -0.2) is 4.79 Å². The first-order chi connectivity index (χ1) is 8.69. The number of carbonyl (C=O) groups excluding carboxylic acids is 1. The standard InChI is InChI=1S/C12H12N4O2/c1-15-7-9(6-14)11-10(12(17)18-2)8(5-13)3-4-16-11/h3-4,6-7H,14H2,1-2H3. The fourth-order valence-corrected chi connectivity index (χ4v) is 1.40. The monoisotopic (exact) mass is 244 g/mol. The van der Waals surface area contributed by atoms with Crippen molar-refractivity contribution in [2.75, 3.05) is 14.2 Å². The second kappa shape index (κ2) is 6.15. The molecule has 0 spiro atoms. The summed E-state index contributed by atoms with van der Waals surface area (Å²) in [4.78, 5) is 19.6. The molecule has 0 saturated carbocycles. The van der Waals surface area contributed by atoms with E-state index in [4.69, 9.17) is 11.0 Å². The Kier molecular flexibility index (Phi) is 4.58. The van der Waals surface area contributed by atoms with Crippen molar-refractivity contribution in [3.8, 4) is 6.07 Å². The van der Waals surface area contributed by atoms with Gasteiger partial charge in [0, 0.05) is 31.2 Å². The van der Waals surface area contributed by atoms with Gasteiger partial charge in [0.2, 0.25) is 0 Å². The van der Waals surface area contributed by atoms with Gasteiger partial charge in [0.25, 0.3) is 0 Å². The number of rotatable bonds is 3. The number of methoxy groups -OCH3 is 1. The molecule has 0 unspecified atom stereocenters. The molecule has 0 amide bonds. The van der Waals surface area contributed by atoms with Gasteiger partial charge in [-0.2, -0.15) is 5.26 Å². The molecule has 0 aliphatic carbocycles. The van der Waals surface area contributed by atoms with Crippen molar-refractivity contribution in [3.05, 3.63) is 35.3 Å². The van der Waals surface area contributed by atoms with Crippen molar-refractivity contribution in [1.29, 1.82) is 5.26 Å². The van der Waals surface area contributed by atoms with E-state index in [0.29, 0.717) is 5.57 Å². The number of allylic oxidation sites excluding steroid dienone is 1. The third kappa shape index (κ3) is 2.52. The zero-order chi connectivity index (χ0) is 13.5. The Morgan fingerprint density at radius 2 is 2.39 bits per heavy atom. The Morgan fingerprint density at radius 3 is 2.89 bits per heavy atom. The number of ether oxygens (including phenoxy) is 1. The quantitative estimate of drug-likeness (QED) is 0.624. The van der Waals surface area contributed by atoms with Crippen LogP contribution in [0.3, 0.4) is 0 Å². The van der Waals surface area contributed by atoms with Crippen LogP contribution in [0.4, 0.5) is 0 Å². The van der Waals surface area contributed by atoms with Crippen LogP contribution in [0.2, 0.25) is 0 Å². The van der Waals surface area contributed by atoms with Crippen molar-refractivity contribution in [1.82, 2.24) is 4.98 Å². The minimum Gasteiger partial charge on any atom is -0.465 e. The van der Waals surface area contributed by atoms with Crippen molar-refractivity contribution >= 4 is 17.8 Å². The maximum Gasteiger partial charge on any atom is 0.341 e. The van der Waals surface area contributed by atoms with E-state index < -0.39 is 5.97 Å². The molecule has 1 aromatic rings. The summed E-state index contributed by atoms with van der Waals surface area (Å²) in [7, 11) is 2.80. The number of hydrogen-bond donors (Lipinski definition) is 1. The highest BCUT2D eigenvalue weighted by Gasteiger charge is 2.20. The molecule has 0 aliphatic heterocycles. The summed E-state index contributed by atoms with van der Waals surface area (Å²) in [6.45, 7) is 0. The van der Waals surface area contributed by atoms with E-state index in [1.165, 1.54) is 31.8 Å². The van der Waals surface area contributed by atoms with E-state index in [0.717, 1.165) is 0 Å². The molecule has 6 nitrogen and oxygen atoms in total. The molecule has 18 heavy (non-hydrogen) atoms. The van der Waals surface area contributed by atoms with Crippen LogP contribution in [-0.2, 0) is 4.74 Å². The summed E-state index contributed by atoms with van der Waals surface area (Å²) < 4.78 is 4.65. The third-order valence-electron chi connectivity index (χ3n) is 2.18. The summed E-state index contributed by atoms with van der Waals surface area (Å²) >= 11 is 0. The van der Waals surface area contributed by atoms with E-state index in [-0.39, 0.29) is 16.8 Å². The number of pyridine rings is 1. The Labute approximate surface area is 104 Å². The van der Waals surface area contributed by atoms with Gasteiger partial charge in [0.15, 0.2) is 0 Å². The molecule has 0 radical (unpaired) electrons. The zero-order valence-corrected chi connectivity index (χ0v) is 10.0. The minimum atomic E-state index is -0.640. The molecular weight excluding hydrogens is 232 g/mol. The number of aromatic nitrogens is 1. The lowest BCUT2D eigenvalue weighted by Crippen LogP contribution is -2.11. The number of nitrogens with two attached hydrogens (primary N) is 1. The first-order valence-electron chi connectivity index (χ1n) is 5.01. The van der Waals surface area contributed by atoms with Gasteiger partial charge in [0.05, 0.1) is 18.4 Å². The normalized spacial score (nSPS) is 11.3. The van der Waals surface area contributed by atoms with Gasteiger partial charge in [0.1, 0.15) is 11.6 Å². The fourth-order valence-electron chi connectivity index (χ4n) is 1.40. The van der Waals surface area contributed by atoms with Crippen molar-refractivity contribution in [2.45, 2.75) is 0 Å². The van der Waals surface area contributed by atoms with Gasteiger partial charge < -0.3 is 10.5 Å². The molecule has 6 heteroatoms. The maximum atomic E-state index is 11.7. The second-order valence-corrected chi connectivity index (χ2v) is 3.19. The molecule has 1 heterocycles. The van der Waals surface area contributed by atoms with Crippen molar-refractivity contribution < 1.29 is 9.53 Å². The van der Waals surface area contributed by atoms with E-state index in [9.17, 15) is 4.79 Å². The van der Waals surface area contributed by atoms with Crippen LogP contribution in [0.5, 0.6) is 0 Å². The number of carbonyl (C=O) groups is 1. The van der Waals surface area contributed by atoms with E-state index in [2.05, 4.69) is 14.7 Å². The molecule has 1 rings (SSSR count). The summed E-state index contributed by atoms with van der Waals surface area (Å²) in [5.74, 6) is -0.640. The molecule has 2 N–H and O–H groups in total. The highest BCUT2D eigenvalue weighted by Crippen LogP contribution is 2.19. The SMILES string of the molecule is CN=CC(=CN)c1nccc(C#N)c1C(=O)OC. The van der Waals surface area contributed by atoms with Gasteiger partial charge in [-0.3, -0.25) is 9.98 Å². The molecule has 0 fully saturated rings. The van der Waals surface area contributed by atoms with Crippen LogP contribution >= 0.6 is 0 Å². The molecule has 0 aromatic carbocycles. The molecule has 1 aromatic heterocycles. The second-order valence-electron chi connectivity index (χ2n) is 3.19. The Morgan fingerprint density at radius 1 is 1.67 bits per heavy atom. The summed E-state index contributed by atoms with van der Waals surface area (Å²) in [5.41, 5.74) is 6.44. The van der Waals surface area contributed by atoms with Crippen LogP contribution in [0.25, 0.3) is 5.57 Å². The van der Waals surface area contributed by atoms with Crippen molar-refractivity contribution in [3.63, 3.8) is 0 Å². The molecule has 92 valence electrons. The molecule has 0 aliphatic rings. The number of aliphatic imine (C=N–C) groups is 1. The topological polar surface area (TPSA) is 101 Å². The smallest absolute Gasteiger partial charge is 0.341 e. The molecule has 0 saturated heterocycles. The van der Waals surface area contributed by atoms with Crippen LogP contribution in [0.15, 0.2) is 23.5 Å². The zero-order valence-electron chi connectivity index (χ0n) is 10.0. The van der Waals surface area contributed by atoms with Crippen LogP contribution in [0, 0.1) is 11.3 Å². The first-order valence-corrected chi connectivity index (χ1v) is 5.01. The minimum absolute atomic E-state index is 0.0825. The Bertz CT molecular complexity index is 556. The van der Waals surface area contributed by atoms with Crippen LogP contribution in [-0.4, -0.2) is 31.3 Å². The summed E-state index contributed by atoms with van der Waals surface area (Å²) in [6, 6.07) is 3.36. The highest BCUT2D eigenvalue weighted by atomic mass is 16.5. The van der Waals surface area contributed by atoms with Crippen LogP contribution < -0.4 is 5.73 Å². The van der Waals surface area contributed by atoms with Gasteiger partial charge >= 0.3 is 5.97 Å². The lowest BCUT2D eigenvalue weighted by molar-refractivity contribution is 0.0599. The molecule has 0 bridgehead atoms. The molecular formula is C12H12N4O2. The third-order valence-corrected chi connectivity index (χ3v) is 2.18. The lowest BCUT2D eigenvalue weighted by Gasteiger charge is -2.08. The predicted molar refractivity (Wildman–Crippen MR) is 66.9 cm³/mol. The lowest BCUT2D eigenvalue weighted by atomic mass is 10.0. The van der Waals surface area contributed by atoms with E-state index in [1.54, 1.807) is 7.05 Å². The largest absolute Gasteiger partial charge is 0.465 e. The van der Waals surface area contributed by atoms with Gasteiger partial charge in [-0.1, -0.05) is 0 Å². The Hall–Kier alpha value is -2.68. The summed E-state index contributed by atoms with van der Waals surface area (Å²) in [5, 5.41) is 9.00. The van der Waals surface area contributed by atoms with Crippen molar-refractivity contribution in [2.24, 2.45) is 10.7 Å². The summed E-state index contributed by atoms with van der Waals surface area (Å²) in [6.07, 6.45) is 4.15. The van der Waals surface area contributed by atoms with E-state index >= 15 is 0 Å². The number of esters is 1. The van der Waals surface area contributed by atoms with Crippen LogP contribution in [0.1, 0.15) is 21.6 Å². The number of hydrogen-bond acceptors (Lipinski definition) is 6.